The first-order chi connectivity index (χ1) is 12.9. The molecule has 1 heterocycles. The molecule has 27 heavy (non-hydrogen) atoms. The molecule has 3 rings (SSSR count). The molecule has 138 valence electrons. The van der Waals surface area contributed by atoms with Gasteiger partial charge in [0.2, 0.25) is 0 Å². The van der Waals surface area contributed by atoms with Crippen LogP contribution in [0.25, 0.3) is 0 Å². The van der Waals surface area contributed by atoms with Crippen molar-refractivity contribution in [3.8, 4) is 5.75 Å². The van der Waals surface area contributed by atoms with Crippen LogP contribution in [0, 0.1) is 13.8 Å². The lowest BCUT2D eigenvalue weighted by Gasteiger charge is -2.08. The highest BCUT2D eigenvalue weighted by Crippen LogP contribution is 2.19. The summed E-state index contributed by atoms with van der Waals surface area (Å²) in [5.74, 6) is 1.07. The largest absolute Gasteiger partial charge is 0.489 e. The van der Waals surface area contributed by atoms with Crippen molar-refractivity contribution < 1.29 is 18.8 Å². The molecule has 0 aliphatic heterocycles. The van der Waals surface area contributed by atoms with Gasteiger partial charge in [0.15, 0.2) is 5.78 Å². The van der Waals surface area contributed by atoms with E-state index >= 15 is 0 Å². The Kier molecular flexibility index (Phi) is 5.35. The molecule has 0 fully saturated rings. The van der Waals surface area contributed by atoms with Crippen LogP contribution in [0.4, 0.5) is 5.69 Å². The molecule has 3 aromatic rings. The van der Waals surface area contributed by atoms with Gasteiger partial charge in [-0.3, -0.25) is 9.59 Å². The lowest BCUT2D eigenvalue weighted by molar-refractivity contribution is 0.101. The number of ether oxygens (including phenoxy) is 1. The number of aromatic nitrogens is 1. The number of carbonyl (C=O) groups is 2. The Morgan fingerprint density at radius 2 is 1.81 bits per heavy atom. The third kappa shape index (κ3) is 4.41. The third-order valence-electron chi connectivity index (χ3n) is 4.21. The normalized spacial score (nSPS) is 10.5. The van der Waals surface area contributed by atoms with Crippen LogP contribution in [0.2, 0.25) is 0 Å². The molecule has 1 amide bonds. The van der Waals surface area contributed by atoms with Crippen molar-refractivity contribution in [3.63, 3.8) is 0 Å². The van der Waals surface area contributed by atoms with Crippen molar-refractivity contribution in [2.24, 2.45) is 0 Å². The molecule has 0 aliphatic rings. The van der Waals surface area contributed by atoms with Crippen LogP contribution in [0.1, 0.15) is 44.7 Å². The predicted molar refractivity (Wildman–Crippen MR) is 101 cm³/mol. The average molecular weight is 364 g/mol. The number of benzene rings is 2. The summed E-state index contributed by atoms with van der Waals surface area (Å²) in [6.45, 7) is 5.55. The summed E-state index contributed by atoms with van der Waals surface area (Å²) in [7, 11) is 0. The minimum absolute atomic E-state index is 0.0501. The highest BCUT2D eigenvalue weighted by atomic mass is 16.5. The number of amides is 1. The molecule has 0 aliphatic carbocycles. The van der Waals surface area contributed by atoms with Gasteiger partial charge in [0.25, 0.3) is 5.91 Å². The minimum atomic E-state index is -0.257. The maximum Gasteiger partial charge on any atom is 0.255 e. The van der Waals surface area contributed by atoms with Gasteiger partial charge in [-0.1, -0.05) is 17.3 Å². The summed E-state index contributed by atoms with van der Waals surface area (Å²) in [6.07, 6.45) is 0. The number of aryl methyl sites for hydroxylation is 2. The zero-order valence-electron chi connectivity index (χ0n) is 15.4. The van der Waals surface area contributed by atoms with Gasteiger partial charge in [0.05, 0.1) is 11.3 Å². The Labute approximate surface area is 157 Å². The van der Waals surface area contributed by atoms with Crippen LogP contribution >= 0.6 is 0 Å². The van der Waals surface area contributed by atoms with Gasteiger partial charge in [0.1, 0.15) is 18.1 Å². The molecule has 1 N–H and O–H groups in total. The number of hydrogen-bond donors (Lipinski definition) is 1. The van der Waals surface area contributed by atoms with Crippen molar-refractivity contribution in [3.05, 3.63) is 76.7 Å². The standard InChI is InChI=1S/C21H20N2O4/c1-13-20(15(3)27-23-13)12-26-19-9-7-16(8-10-19)21(25)22-18-6-4-5-17(11-18)14(2)24/h4-11H,12H2,1-3H3,(H,22,25). The first kappa shape index (κ1) is 18.4. The smallest absolute Gasteiger partial charge is 0.255 e. The maximum atomic E-state index is 12.4. The number of hydrogen-bond acceptors (Lipinski definition) is 5. The Morgan fingerprint density at radius 1 is 1.07 bits per heavy atom. The molecule has 0 saturated carbocycles. The average Bonchev–Trinajstić information content (AvgIpc) is 2.98. The Hall–Kier alpha value is -3.41. The molecule has 0 atom stereocenters. The Morgan fingerprint density at radius 3 is 2.44 bits per heavy atom. The van der Waals surface area contributed by atoms with E-state index in [1.807, 2.05) is 13.8 Å². The van der Waals surface area contributed by atoms with E-state index in [1.54, 1.807) is 48.5 Å². The number of Topliss-reactive ketones (excluding diaryl/α,β-unsaturated/α-hetero) is 1. The van der Waals surface area contributed by atoms with E-state index < -0.39 is 0 Å². The second-order valence-corrected chi connectivity index (χ2v) is 6.21. The van der Waals surface area contributed by atoms with Gasteiger partial charge in [-0.05, 0) is 57.2 Å². The first-order valence-corrected chi connectivity index (χ1v) is 8.51. The van der Waals surface area contributed by atoms with E-state index in [2.05, 4.69) is 10.5 Å². The van der Waals surface area contributed by atoms with Gasteiger partial charge in [-0.15, -0.1) is 0 Å². The molecule has 0 radical (unpaired) electrons. The lowest BCUT2D eigenvalue weighted by atomic mass is 10.1. The minimum Gasteiger partial charge on any atom is -0.489 e. The number of rotatable bonds is 6. The summed E-state index contributed by atoms with van der Waals surface area (Å²) in [4.78, 5) is 23.8. The molecule has 1 aromatic heterocycles. The molecule has 6 heteroatoms. The second kappa shape index (κ2) is 7.86. The van der Waals surface area contributed by atoms with Crippen LogP contribution in [0.15, 0.2) is 53.1 Å². The maximum absolute atomic E-state index is 12.4. The van der Waals surface area contributed by atoms with E-state index in [4.69, 9.17) is 9.26 Å². The summed E-state index contributed by atoms with van der Waals surface area (Å²) in [5.41, 5.74) is 3.34. The molecule has 0 spiro atoms. The number of nitrogens with one attached hydrogen (secondary N) is 1. The van der Waals surface area contributed by atoms with Crippen LogP contribution < -0.4 is 10.1 Å². The van der Waals surface area contributed by atoms with Crippen molar-refractivity contribution >= 4 is 17.4 Å². The second-order valence-electron chi connectivity index (χ2n) is 6.21. The SMILES string of the molecule is CC(=O)c1cccc(NC(=O)c2ccc(OCc3c(C)noc3C)cc2)c1. The fourth-order valence-corrected chi connectivity index (χ4v) is 2.59. The molecular weight excluding hydrogens is 344 g/mol. The van der Waals surface area contributed by atoms with Gasteiger partial charge >= 0.3 is 0 Å². The zero-order valence-corrected chi connectivity index (χ0v) is 15.4. The van der Waals surface area contributed by atoms with Gasteiger partial charge in [-0.25, -0.2) is 0 Å². The zero-order chi connectivity index (χ0) is 19.4. The summed E-state index contributed by atoms with van der Waals surface area (Å²) in [5, 5.41) is 6.68. The molecule has 0 saturated heterocycles. The van der Waals surface area contributed by atoms with Gasteiger partial charge in [0, 0.05) is 16.8 Å². The van der Waals surface area contributed by atoms with E-state index in [9.17, 15) is 9.59 Å². The van der Waals surface area contributed by atoms with Crippen molar-refractivity contribution in [2.45, 2.75) is 27.4 Å². The molecule has 2 aromatic carbocycles. The highest BCUT2D eigenvalue weighted by Gasteiger charge is 2.11. The van der Waals surface area contributed by atoms with E-state index in [1.165, 1.54) is 6.92 Å². The topological polar surface area (TPSA) is 81.4 Å². The summed E-state index contributed by atoms with van der Waals surface area (Å²) >= 11 is 0. The molecular formula is C21H20N2O4. The Bertz CT molecular complexity index is 955. The number of nitrogens with zero attached hydrogens (tertiary/aromatic N) is 1. The fraction of sp³-hybridized carbons (Fsp3) is 0.190. The molecule has 6 nitrogen and oxygen atoms in total. The van der Waals surface area contributed by atoms with Crippen molar-refractivity contribution in [1.82, 2.24) is 5.16 Å². The number of carbonyl (C=O) groups excluding carboxylic acids is 2. The van der Waals surface area contributed by atoms with Crippen LogP contribution in [-0.2, 0) is 6.61 Å². The van der Waals surface area contributed by atoms with Crippen LogP contribution in [0.3, 0.4) is 0 Å². The van der Waals surface area contributed by atoms with Crippen LogP contribution in [0.5, 0.6) is 5.75 Å². The predicted octanol–water partition coefficient (Wildman–Crippen LogP) is 4.33. The summed E-state index contributed by atoms with van der Waals surface area (Å²) < 4.78 is 10.8. The fourth-order valence-electron chi connectivity index (χ4n) is 2.59. The quantitative estimate of drug-likeness (QED) is 0.659. The highest BCUT2D eigenvalue weighted by molar-refractivity contribution is 6.05. The van der Waals surface area contributed by atoms with E-state index in [-0.39, 0.29) is 11.7 Å². The van der Waals surface area contributed by atoms with Crippen molar-refractivity contribution in [2.75, 3.05) is 5.32 Å². The summed E-state index contributed by atoms with van der Waals surface area (Å²) in [6, 6.07) is 13.7. The number of anilines is 1. The van der Waals surface area contributed by atoms with Gasteiger partial charge in [-0.2, -0.15) is 0 Å². The number of ketones is 1. The van der Waals surface area contributed by atoms with E-state index in [0.717, 1.165) is 17.0 Å². The van der Waals surface area contributed by atoms with Crippen LogP contribution in [-0.4, -0.2) is 16.8 Å². The van der Waals surface area contributed by atoms with Gasteiger partial charge < -0.3 is 14.6 Å². The van der Waals surface area contributed by atoms with Crippen molar-refractivity contribution in [1.29, 1.82) is 0 Å². The Balaban J connectivity index is 1.63. The monoisotopic (exact) mass is 364 g/mol. The third-order valence-corrected chi connectivity index (χ3v) is 4.21. The first-order valence-electron chi connectivity index (χ1n) is 8.51. The lowest BCUT2D eigenvalue weighted by Crippen LogP contribution is -2.12. The molecule has 0 unspecified atom stereocenters. The van der Waals surface area contributed by atoms with E-state index in [0.29, 0.717) is 29.2 Å². The molecule has 0 bridgehead atoms.